The monoisotopic (exact) mass is 196 g/mol. The summed E-state index contributed by atoms with van der Waals surface area (Å²) < 4.78 is 1.98. The van der Waals surface area contributed by atoms with Crippen LogP contribution in [0.4, 0.5) is 0 Å². The van der Waals surface area contributed by atoms with E-state index in [9.17, 15) is 5.11 Å². The van der Waals surface area contributed by atoms with Crippen LogP contribution in [0.3, 0.4) is 0 Å². The quantitative estimate of drug-likeness (QED) is 0.733. The van der Waals surface area contributed by atoms with Gasteiger partial charge in [0, 0.05) is 12.6 Å². The Balaban J connectivity index is 2.19. The third kappa shape index (κ3) is 1.65. The van der Waals surface area contributed by atoms with Crippen LogP contribution in [0.1, 0.15) is 43.7 Å². The zero-order chi connectivity index (χ0) is 9.97. The van der Waals surface area contributed by atoms with Gasteiger partial charge in [-0.1, -0.05) is 12.8 Å². The van der Waals surface area contributed by atoms with Gasteiger partial charge < -0.3 is 15.4 Å². The van der Waals surface area contributed by atoms with E-state index in [2.05, 4.69) is 10.2 Å². The number of rotatable bonds is 3. The van der Waals surface area contributed by atoms with E-state index in [1.165, 1.54) is 12.8 Å². The van der Waals surface area contributed by atoms with Gasteiger partial charge in [-0.15, -0.1) is 10.2 Å². The molecule has 78 valence electrons. The van der Waals surface area contributed by atoms with Gasteiger partial charge in [-0.25, -0.2) is 0 Å². The molecule has 5 heteroatoms. The summed E-state index contributed by atoms with van der Waals surface area (Å²) >= 11 is 0. The summed E-state index contributed by atoms with van der Waals surface area (Å²) in [5.74, 6) is 0.611. The number of hydrogen-bond donors (Lipinski definition) is 2. The highest BCUT2D eigenvalue weighted by atomic mass is 16.3. The molecule has 1 aromatic rings. The van der Waals surface area contributed by atoms with Crippen molar-refractivity contribution < 1.29 is 5.11 Å². The van der Waals surface area contributed by atoms with Crippen LogP contribution in [0.5, 0.6) is 0 Å². The summed E-state index contributed by atoms with van der Waals surface area (Å²) in [6.07, 6.45) is 5.83. The Kier molecular flexibility index (Phi) is 2.79. The third-order valence-electron chi connectivity index (χ3n) is 2.84. The zero-order valence-corrected chi connectivity index (χ0v) is 8.13. The average molecular weight is 196 g/mol. The smallest absolute Gasteiger partial charge is 0.163 e. The van der Waals surface area contributed by atoms with Crippen molar-refractivity contribution in [3.63, 3.8) is 0 Å². The predicted octanol–water partition coefficient (Wildman–Crippen LogP) is 0.385. The van der Waals surface area contributed by atoms with E-state index in [-0.39, 0.29) is 6.54 Å². The minimum atomic E-state index is -0.682. The number of aromatic nitrogens is 3. The molecular weight excluding hydrogens is 180 g/mol. The van der Waals surface area contributed by atoms with Crippen LogP contribution < -0.4 is 5.73 Å². The van der Waals surface area contributed by atoms with Crippen LogP contribution in [0, 0.1) is 0 Å². The Morgan fingerprint density at radius 1 is 1.57 bits per heavy atom. The van der Waals surface area contributed by atoms with Crippen molar-refractivity contribution in [1.29, 1.82) is 0 Å². The summed E-state index contributed by atoms with van der Waals surface area (Å²) in [7, 11) is 0. The van der Waals surface area contributed by atoms with E-state index in [0.29, 0.717) is 11.9 Å². The Bertz CT molecular complexity index is 293. The number of aliphatic hydroxyl groups is 1. The molecule has 3 N–H and O–H groups in total. The normalized spacial score (nSPS) is 20.1. The lowest BCUT2D eigenvalue weighted by molar-refractivity contribution is 0.168. The van der Waals surface area contributed by atoms with Crippen molar-refractivity contribution in [3.05, 3.63) is 12.2 Å². The minimum Gasteiger partial charge on any atom is -0.384 e. The second-order valence-corrected chi connectivity index (χ2v) is 3.79. The van der Waals surface area contributed by atoms with Crippen LogP contribution in [-0.4, -0.2) is 26.4 Å². The maximum Gasteiger partial charge on any atom is 0.163 e. The van der Waals surface area contributed by atoms with Gasteiger partial charge in [-0.05, 0) is 12.8 Å². The Labute approximate surface area is 82.9 Å². The van der Waals surface area contributed by atoms with Gasteiger partial charge in [-0.2, -0.15) is 0 Å². The number of hydrogen-bond acceptors (Lipinski definition) is 4. The van der Waals surface area contributed by atoms with E-state index in [1.54, 1.807) is 6.33 Å². The van der Waals surface area contributed by atoms with Gasteiger partial charge in [0.1, 0.15) is 12.4 Å². The first-order chi connectivity index (χ1) is 6.83. The summed E-state index contributed by atoms with van der Waals surface area (Å²) in [5, 5.41) is 17.4. The number of aliphatic hydroxyl groups excluding tert-OH is 1. The largest absolute Gasteiger partial charge is 0.384 e. The second kappa shape index (κ2) is 4.06. The van der Waals surface area contributed by atoms with Crippen molar-refractivity contribution in [1.82, 2.24) is 14.8 Å². The maximum atomic E-state index is 9.61. The first-order valence-electron chi connectivity index (χ1n) is 5.10. The van der Waals surface area contributed by atoms with E-state index in [4.69, 9.17) is 5.73 Å². The molecule has 5 nitrogen and oxygen atoms in total. The highest BCUT2D eigenvalue weighted by molar-refractivity contribution is 4.95. The van der Waals surface area contributed by atoms with Gasteiger partial charge in [0.2, 0.25) is 0 Å². The highest BCUT2D eigenvalue weighted by Gasteiger charge is 2.22. The average Bonchev–Trinajstić information content (AvgIpc) is 2.85. The lowest BCUT2D eigenvalue weighted by Gasteiger charge is -2.15. The molecule has 1 aliphatic carbocycles. The van der Waals surface area contributed by atoms with E-state index < -0.39 is 6.10 Å². The fourth-order valence-electron chi connectivity index (χ4n) is 2.06. The second-order valence-electron chi connectivity index (χ2n) is 3.79. The maximum absolute atomic E-state index is 9.61. The molecule has 0 aliphatic heterocycles. The zero-order valence-electron chi connectivity index (χ0n) is 8.13. The van der Waals surface area contributed by atoms with Crippen LogP contribution in [-0.2, 0) is 0 Å². The van der Waals surface area contributed by atoms with Gasteiger partial charge >= 0.3 is 0 Å². The topological polar surface area (TPSA) is 77.0 Å². The third-order valence-corrected chi connectivity index (χ3v) is 2.84. The predicted molar refractivity (Wildman–Crippen MR) is 51.5 cm³/mol. The molecule has 1 heterocycles. The molecule has 1 aliphatic rings. The molecule has 0 bridgehead atoms. The molecule has 0 radical (unpaired) electrons. The first-order valence-corrected chi connectivity index (χ1v) is 5.10. The van der Waals surface area contributed by atoms with Crippen molar-refractivity contribution in [2.24, 2.45) is 5.73 Å². The molecule has 1 fully saturated rings. The molecule has 1 aromatic heterocycles. The minimum absolute atomic E-state index is 0.200. The molecule has 0 amide bonds. The SMILES string of the molecule is NCC(O)c1nncn1C1CCCC1. The summed E-state index contributed by atoms with van der Waals surface area (Å²) in [6.45, 7) is 0.200. The molecule has 0 spiro atoms. The molecule has 1 unspecified atom stereocenters. The summed E-state index contributed by atoms with van der Waals surface area (Å²) in [6, 6.07) is 0.459. The van der Waals surface area contributed by atoms with Crippen molar-refractivity contribution in [2.45, 2.75) is 37.8 Å². The summed E-state index contributed by atoms with van der Waals surface area (Å²) in [5.41, 5.74) is 5.40. The van der Waals surface area contributed by atoms with Crippen LogP contribution >= 0.6 is 0 Å². The standard InChI is InChI=1S/C9H16N4O/c10-5-8(14)9-12-11-6-13(9)7-3-1-2-4-7/h6-8,14H,1-5,10H2. The first kappa shape index (κ1) is 9.61. The van der Waals surface area contributed by atoms with E-state index in [0.717, 1.165) is 12.8 Å². The van der Waals surface area contributed by atoms with Crippen molar-refractivity contribution >= 4 is 0 Å². The lowest BCUT2D eigenvalue weighted by atomic mass is 10.2. The molecular formula is C9H16N4O. The van der Waals surface area contributed by atoms with E-state index in [1.807, 2.05) is 4.57 Å². The van der Waals surface area contributed by atoms with Crippen LogP contribution in [0.15, 0.2) is 6.33 Å². The van der Waals surface area contributed by atoms with Crippen molar-refractivity contribution in [2.75, 3.05) is 6.54 Å². The molecule has 14 heavy (non-hydrogen) atoms. The van der Waals surface area contributed by atoms with Gasteiger partial charge in [0.15, 0.2) is 5.82 Å². The number of nitrogens with two attached hydrogens (primary N) is 1. The molecule has 1 saturated carbocycles. The Hall–Kier alpha value is -0.940. The van der Waals surface area contributed by atoms with Crippen LogP contribution in [0.25, 0.3) is 0 Å². The molecule has 1 atom stereocenters. The number of nitrogens with zero attached hydrogens (tertiary/aromatic N) is 3. The van der Waals surface area contributed by atoms with Gasteiger partial charge in [-0.3, -0.25) is 0 Å². The summed E-state index contributed by atoms with van der Waals surface area (Å²) in [4.78, 5) is 0. The van der Waals surface area contributed by atoms with Gasteiger partial charge in [0.25, 0.3) is 0 Å². The fourth-order valence-corrected chi connectivity index (χ4v) is 2.06. The van der Waals surface area contributed by atoms with E-state index >= 15 is 0 Å². The molecule has 0 saturated heterocycles. The highest BCUT2D eigenvalue weighted by Crippen LogP contribution is 2.30. The molecule has 2 rings (SSSR count). The molecule has 0 aromatic carbocycles. The van der Waals surface area contributed by atoms with Crippen LogP contribution in [0.2, 0.25) is 0 Å². The fraction of sp³-hybridized carbons (Fsp3) is 0.778. The Morgan fingerprint density at radius 2 is 2.29 bits per heavy atom. The van der Waals surface area contributed by atoms with Gasteiger partial charge in [0.05, 0.1) is 0 Å². The Morgan fingerprint density at radius 3 is 2.93 bits per heavy atom. The van der Waals surface area contributed by atoms with Crippen molar-refractivity contribution in [3.8, 4) is 0 Å². The lowest BCUT2D eigenvalue weighted by Crippen LogP contribution is -2.18.